The highest BCUT2D eigenvalue weighted by molar-refractivity contribution is 5.84. The second-order valence-corrected chi connectivity index (χ2v) is 5.05. The van der Waals surface area contributed by atoms with Crippen molar-refractivity contribution in [1.29, 1.82) is 0 Å². The van der Waals surface area contributed by atoms with Gasteiger partial charge in [0.15, 0.2) is 0 Å². The number of aromatic nitrogens is 4. The molecule has 2 rings (SSSR count). The Morgan fingerprint density at radius 3 is 2.79 bits per heavy atom. The van der Waals surface area contributed by atoms with E-state index in [0.29, 0.717) is 5.69 Å². The Morgan fingerprint density at radius 2 is 2.17 bits per heavy atom. The van der Waals surface area contributed by atoms with E-state index in [-0.39, 0.29) is 13.0 Å². The van der Waals surface area contributed by atoms with E-state index in [4.69, 9.17) is 0 Å². The first-order valence-corrected chi connectivity index (χ1v) is 7.03. The average Bonchev–Trinajstić information content (AvgIpc) is 3.07. The molecule has 0 unspecified atom stereocenters. The summed E-state index contributed by atoms with van der Waals surface area (Å²) in [5.74, 6) is -1.18. The molecule has 0 saturated carbocycles. The molecule has 1 amide bonds. The van der Waals surface area contributed by atoms with Gasteiger partial charge < -0.3 is 15.0 Å². The molecule has 0 aliphatic rings. The topological polar surface area (TPSA) is 128 Å². The molecular weight excluding hydrogens is 318 g/mol. The zero-order valence-corrected chi connectivity index (χ0v) is 13.2. The van der Waals surface area contributed by atoms with E-state index in [1.807, 2.05) is 0 Å². The minimum atomic E-state index is -0.925. The van der Waals surface area contributed by atoms with Crippen LogP contribution in [-0.2, 0) is 34.3 Å². The predicted molar refractivity (Wildman–Crippen MR) is 82.2 cm³/mol. The lowest BCUT2D eigenvalue weighted by Gasteiger charge is -2.16. The molecule has 0 saturated heterocycles. The van der Waals surface area contributed by atoms with E-state index in [9.17, 15) is 19.2 Å². The Kier molecular flexibility index (Phi) is 5.30. The number of nitrogens with zero attached hydrogens (tertiary/aromatic N) is 3. The predicted octanol–water partition coefficient (Wildman–Crippen LogP) is -1.83. The van der Waals surface area contributed by atoms with Crippen LogP contribution in [0.3, 0.4) is 0 Å². The summed E-state index contributed by atoms with van der Waals surface area (Å²) in [5, 5.41) is 2.51. The molecule has 0 spiro atoms. The molecule has 24 heavy (non-hydrogen) atoms. The zero-order chi connectivity index (χ0) is 17.7. The summed E-state index contributed by atoms with van der Waals surface area (Å²) >= 11 is 0. The van der Waals surface area contributed by atoms with E-state index >= 15 is 0 Å². The van der Waals surface area contributed by atoms with Crippen LogP contribution in [0.2, 0.25) is 0 Å². The largest absolute Gasteiger partial charge is 0.467 e. The highest BCUT2D eigenvalue weighted by Gasteiger charge is 2.22. The fourth-order valence-electron chi connectivity index (χ4n) is 2.08. The Bertz CT molecular complexity index is 836. The molecule has 0 bridgehead atoms. The van der Waals surface area contributed by atoms with Crippen LogP contribution < -0.4 is 16.6 Å². The van der Waals surface area contributed by atoms with Gasteiger partial charge in [0.2, 0.25) is 5.91 Å². The summed E-state index contributed by atoms with van der Waals surface area (Å²) < 4.78 is 6.62. The molecular formula is C14H17N5O5. The van der Waals surface area contributed by atoms with Crippen molar-refractivity contribution in [3.63, 3.8) is 0 Å². The Morgan fingerprint density at radius 1 is 1.42 bits per heavy atom. The first kappa shape index (κ1) is 17.2. The number of methoxy groups -OCH3 is 1. The first-order valence-electron chi connectivity index (χ1n) is 7.03. The van der Waals surface area contributed by atoms with E-state index in [2.05, 4.69) is 20.0 Å². The summed E-state index contributed by atoms with van der Waals surface area (Å²) in [6.07, 6.45) is 4.38. The number of imidazole rings is 1. The summed E-state index contributed by atoms with van der Waals surface area (Å²) in [7, 11) is 2.53. The van der Waals surface area contributed by atoms with Gasteiger partial charge in [-0.15, -0.1) is 0 Å². The molecule has 1 atom stereocenters. The molecule has 2 aromatic heterocycles. The maximum atomic E-state index is 12.1. The molecule has 0 aromatic carbocycles. The van der Waals surface area contributed by atoms with E-state index < -0.39 is 29.2 Å². The van der Waals surface area contributed by atoms with Gasteiger partial charge in [0.05, 0.1) is 13.4 Å². The number of ether oxygens (including phenoxy) is 1. The average molecular weight is 335 g/mol. The molecule has 0 fully saturated rings. The van der Waals surface area contributed by atoms with Crippen LogP contribution >= 0.6 is 0 Å². The molecule has 10 heteroatoms. The third-order valence-electron chi connectivity index (χ3n) is 3.37. The number of carbonyl (C=O) groups excluding carboxylic acids is 2. The van der Waals surface area contributed by atoms with Crippen molar-refractivity contribution in [2.75, 3.05) is 7.11 Å². The number of H-pyrrole nitrogens is 1. The van der Waals surface area contributed by atoms with Gasteiger partial charge in [-0.25, -0.2) is 14.6 Å². The molecule has 10 nitrogen and oxygen atoms in total. The monoisotopic (exact) mass is 335 g/mol. The number of aromatic amines is 1. The van der Waals surface area contributed by atoms with Gasteiger partial charge in [-0.05, 0) is 0 Å². The summed E-state index contributed by atoms with van der Waals surface area (Å²) in [4.78, 5) is 53.8. The lowest BCUT2D eigenvalue weighted by molar-refractivity contribution is -0.145. The quantitative estimate of drug-likeness (QED) is 0.598. The number of carbonyl (C=O) groups is 2. The number of rotatable bonds is 6. The van der Waals surface area contributed by atoms with Crippen LogP contribution in [0.4, 0.5) is 0 Å². The second-order valence-electron chi connectivity index (χ2n) is 5.05. The standard InChI is InChI=1S/C14H17N5O5/c1-18-12(21)3-4-19(14(18)23)7-11(20)17-10(13(22)24-2)5-9-6-15-8-16-9/h3-4,6,8,10H,5,7H2,1-2H3,(H,15,16)(H,17,20)/t10-/m1/s1. The Labute approximate surface area is 136 Å². The first-order chi connectivity index (χ1) is 11.4. The highest BCUT2D eigenvalue weighted by atomic mass is 16.5. The van der Waals surface area contributed by atoms with Crippen LogP contribution in [-0.4, -0.2) is 44.1 Å². The summed E-state index contributed by atoms with van der Waals surface area (Å²) in [6.45, 7) is -0.330. The normalized spacial score (nSPS) is 11.8. The van der Waals surface area contributed by atoms with Crippen LogP contribution in [0.15, 0.2) is 34.4 Å². The molecule has 2 N–H and O–H groups in total. The third-order valence-corrected chi connectivity index (χ3v) is 3.37. The molecule has 0 aliphatic heterocycles. The van der Waals surface area contributed by atoms with E-state index in [1.165, 1.54) is 38.9 Å². The fraction of sp³-hybridized carbons (Fsp3) is 0.357. The van der Waals surface area contributed by atoms with Gasteiger partial charge in [-0.3, -0.25) is 18.7 Å². The molecule has 0 radical (unpaired) electrons. The van der Waals surface area contributed by atoms with Gasteiger partial charge in [0, 0.05) is 37.6 Å². The third kappa shape index (κ3) is 3.97. The van der Waals surface area contributed by atoms with Crippen molar-refractivity contribution in [1.82, 2.24) is 24.4 Å². The lowest BCUT2D eigenvalue weighted by Crippen LogP contribution is -2.46. The zero-order valence-electron chi connectivity index (χ0n) is 13.2. The van der Waals surface area contributed by atoms with Gasteiger partial charge in [0.25, 0.3) is 5.56 Å². The van der Waals surface area contributed by atoms with Crippen LogP contribution in [0.25, 0.3) is 0 Å². The maximum Gasteiger partial charge on any atom is 0.331 e. The summed E-state index contributed by atoms with van der Waals surface area (Å²) in [6, 6.07) is 0.253. The number of hydrogen-bond acceptors (Lipinski definition) is 6. The smallest absolute Gasteiger partial charge is 0.331 e. The number of esters is 1. The minimum absolute atomic E-state index is 0.167. The van der Waals surface area contributed by atoms with Gasteiger partial charge >= 0.3 is 11.7 Å². The van der Waals surface area contributed by atoms with Crippen molar-refractivity contribution >= 4 is 11.9 Å². The minimum Gasteiger partial charge on any atom is -0.467 e. The SMILES string of the molecule is COC(=O)[C@@H](Cc1cnc[nH]1)NC(=O)Cn1ccc(=O)n(C)c1=O. The van der Waals surface area contributed by atoms with Crippen LogP contribution in [0, 0.1) is 0 Å². The maximum absolute atomic E-state index is 12.1. The lowest BCUT2D eigenvalue weighted by atomic mass is 10.1. The van der Waals surface area contributed by atoms with Crippen molar-refractivity contribution in [3.8, 4) is 0 Å². The highest BCUT2D eigenvalue weighted by Crippen LogP contribution is 2.00. The van der Waals surface area contributed by atoms with Gasteiger partial charge in [-0.2, -0.15) is 0 Å². The van der Waals surface area contributed by atoms with Crippen LogP contribution in [0.1, 0.15) is 5.69 Å². The molecule has 128 valence electrons. The van der Waals surface area contributed by atoms with Crippen molar-refractivity contribution in [2.24, 2.45) is 7.05 Å². The number of nitrogens with one attached hydrogen (secondary N) is 2. The van der Waals surface area contributed by atoms with Crippen molar-refractivity contribution in [2.45, 2.75) is 19.0 Å². The molecule has 2 aromatic rings. The fourth-order valence-corrected chi connectivity index (χ4v) is 2.08. The molecule has 0 aliphatic carbocycles. The Hall–Kier alpha value is -3.17. The van der Waals surface area contributed by atoms with Crippen molar-refractivity contribution in [3.05, 3.63) is 51.3 Å². The van der Waals surface area contributed by atoms with Crippen molar-refractivity contribution < 1.29 is 14.3 Å². The van der Waals surface area contributed by atoms with Crippen LogP contribution in [0.5, 0.6) is 0 Å². The summed E-state index contributed by atoms with van der Waals surface area (Å²) in [5.41, 5.74) is -0.450. The van der Waals surface area contributed by atoms with E-state index in [1.54, 1.807) is 0 Å². The van der Waals surface area contributed by atoms with Gasteiger partial charge in [-0.1, -0.05) is 0 Å². The van der Waals surface area contributed by atoms with Gasteiger partial charge in [0.1, 0.15) is 12.6 Å². The Balaban J connectivity index is 2.10. The molecule has 2 heterocycles. The number of hydrogen-bond donors (Lipinski definition) is 2. The van der Waals surface area contributed by atoms with E-state index in [0.717, 1.165) is 9.13 Å². The second kappa shape index (κ2) is 7.40. The number of amides is 1.